The summed E-state index contributed by atoms with van der Waals surface area (Å²) in [6.07, 6.45) is 16.1. The first-order valence-electron chi connectivity index (χ1n) is 16.4. The second kappa shape index (κ2) is 17.4. The fourth-order valence-corrected chi connectivity index (χ4v) is 6.13. The van der Waals surface area contributed by atoms with Gasteiger partial charge < -0.3 is 21.3 Å². The van der Waals surface area contributed by atoms with Crippen molar-refractivity contribution in [3.63, 3.8) is 0 Å². The molecule has 43 heavy (non-hydrogen) atoms. The van der Waals surface area contributed by atoms with E-state index in [4.69, 9.17) is 0 Å². The standard InChI is InChI=1S/C35H48N4O4/c40-32(38-30-22-14-12-20-28(30)34(42)36-26-16-6-4-7-17-26)24-10-2-1-3-11-25-33(41)39-31-23-15-13-21-29(31)35(43)37-27-18-8-5-9-19-27/h12-15,20-23,26-27H,1-11,16-19,24-25H2,(H,36,42)(H,37,43)(H,38,40)(H,39,41). The highest BCUT2D eigenvalue weighted by Gasteiger charge is 2.20. The number of rotatable bonds is 14. The van der Waals surface area contributed by atoms with Crippen LogP contribution in [0.3, 0.4) is 0 Å². The summed E-state index contributed by atoms with van der Waals surface area (Å²) in [6.45, 7) is 0. The molecule has 2 aliphatic carbocycles. The van der Waals surface area contributed by atoms with Crippen molar-refractivity contribution in [3.8, 4) is 0 Å². The summed E-state index contributed by atoms with van der Waals surface area (Å²) in [5.41, 5.74) is 2.12. The third-order valence-electron chi connectivity index (χ3n) is 8.58. The Morgan fingerprint density at radius 2 is 0.884 bits per heavy atom. The summed E-state index contributed by atoms with van der Waals surface area (Å²) in [4.78, 5) is 50.9. The van der Waals surface area contributed by atoms with Crippen molar-refractivity contribution < 1.29 is 19.2 Å². The third kappa shape index (κ3) is 10.8. The molecule has 0 spiro atoms. The van der Waals surface area contributed by atoms with Crippen LogP contribution in [0.2, 0.25) is 0 Å². The van der Waals surface area contributed by atoms with Crippen molar-refractivity contribution in [3.05, 3.63) is 59.7 Å². The largest absolute Gasteiger partial charge is 0.349 e. The molecule has 232 valence electrons. The van der Waals surface area contributed by atoms with E-state index in [1.165, 1.54) is 12.8 Å². The molecule has 2 saturated carbocycles. The predicted molar refractivity (Wildman–Crippen MR) is 171 cm³/mol. The van der Waals surface area contributed by atoms with E-state index >= 15 is 0 Å². The maximum atomic E-state index is 12.8. The minimum atomic E-state index is -0.127. The normalized spacial score (nSPS) is 15.8. The Hall–Kier alpha value is -3.68. The second-order valence-corrected chi connectivity index (χ2v) is 12.1. The molecule has 0 aliphatic heterocycles. The predicted octanol–water partition coefficient (Wildman–Crippen LogP) is 7.12. The fourth-order valence-electron chi connectivity index (χ4n) is 6.13. The lowest BCUT2D eigenvalue weighted by atomic mass is 9.95. The molecule has 0 unspecified atom stereocenters. The Balaban J connectivity index is 1.10. The zero-order chi connectivity index (χ0) is 30.3. The number of amides is 4. The van der Waals surface area contributed by atoms with Gasteiger partial charge in [0, 0.05) is 24.9 Å². The highest BCUT2D eigenvalue weighted by atomic mass is 16.2. The number of hydrogen-bond acceptors (Lipinski definition) is 4. The van der Waals surface area contributed by atoms with E-state index in [-0.39, 0.29) is 35.7 Å². The van der Waals surface area contributed by atoms with E-state index in [0.29, 0.717) is 35.3 Å². The molecule has 8 heteroatoms. The van der Waals surface area contributed by atoms with Gasteiger partial charge in [0.1, 0.15) is 0 Å². The van der Waals surface area contributed by atoms with Crippen molar-refractivity contribution in [2.75, 3.05) is 10.6 Å². The molecule has 2 fully saturated rings. The second-order valence-electron chi connectivity index (χ2n) is 12.1. The Bertz CT molecular complexity index is 1120. The molecule has 4 N–H and O–H groups in total. The minimum Gasteiger partial charge on any atom is -0.349 e. The van der Waals surface area contributed by atoms with E-state index in [1.54, 1.807) is 24.3 Å². The van der Waals surface area contributed by atoms with Crippen molar-refractivity contribution in [1.82, 2.24) is 10.6 Å². The lowest BCUT2D eigenvalue weighted by molar-refractivity contribution is -0.117. The third-order valence-corrected chi connectivity index (χ3v) is 8.58. The lowest BCUT2D eigenvalue weighted by Crippen LogP contribution is -2.36. The van der Waals surface area contributed by atoms with E-state index < -0.39 is 0 Å². The fraction of sp³-hybridized carbons (Fsp3) is 0.543. The van der Waals surface area contributed by atoms with Crippen molar-refractivity contribution in [2.24, 2.45) is 0 Å². The Morgan fingerprint density at radius 3 is 1.30 bits per heavy atom. The Morgan fingerprint density at radius 1 is 0.512 bits per heavy atom. The van der Waals surface area contributed by atoms with Crippen LogP contribution in [-0.4, -0.2) is 35.7 Å². The maximum Gasteiger partial charge on any atom is 0.253 e. The minimum absolute atomic E-state index is 0.0940. The zero-order valence-corrected chi connectivity index (χ0v) is 25.4. The number of unbranched alkanes of at least 4 members (excludes halogenated alkanes) is 4. The summed E-state index contributed by atoms with van der Waals surface area (Å²) in [7, 11) is 0. The van der Waals surface area contributed by atoms with Gasteiger partial charge in [-0.05, 0) is 62.8 Å². The Labute approximate surface area is 256 Å². The van der Waals surface area contributed by atoms with Gasteiger partial charge >= 0.3 is 0 Å². The maximum absolute atomic E-state index is 12.8. The van der Waals surface area contributed by atoms with E-state index in [9.17, 15) is 19.2 Å². The average molecular weight is 589 g/mol. The summed E-state index contributed by atoms with van der Waals surface area (Å²) < 4.78 is 0. The van der Waals surface area contributed by atoms with Gasteiger partial charge in [0.15, 0.2) is 0 Å². The first-order chi connectivity index (χ1) is 21.0. The van der Waals surface area contributed by atoms with Gasteiger partial charge in [-0.2, -0.15) is 0 Å². The van der Waals surface area contributed by atoms with E-state index in [2.05, 4.69) is 21.3 Å². The number of benzene rings is 2. The molecule has 4 rings (SSSR count). The highest BCUT2D eigenvalue weighted by molar-refractivity contribution is 6.04. The monoisotopic (exact) mass is 588 g/mol. The number of para-hydroxylation sites is 2. The number of anilines is 2. The number of carbonyl (C=O) groups is 4. The summed E-state index contributed by atoms with van der Waals surface area (Å²) in [6, 6.07) is 14.8. The molecular formula is C35H48N4O4. The van der Waals surface area contributed by atoms with Crippen LogP contribution in [0.4, 0.5) is 11.4 Å². The van der Waals surface area contributed by atoms with Gasteiger partial charge in [0.05, 0.1) is 22.5 Å². The van der Waals surface area contributed by atoms with Gasteiger partial charge in [0.2, 0.25) is 11.8 Å². The molecule has 2 aromatic carbocycles. The van der Waals surface area contributed by atoms with Gasteiger partial charge in [-0.1, -0.05) is 82.1 Å². The molecular weight excluding hydrogens is 540 g/mol. The Kier molecular flexibility index (Phi) is 13.1. The molecule has 0 bridgehead atoms. The van der Waals surface area contributed by atoms with Crippen LogP contribution < -0.4 is 21.3 Å². The van der Waals surface area contributed by atoms with Gasteiger partial charge in [-0.25, -0.2) is 0 Å². The highest BCUT2D eigenvalue weighted by Crippen LogP contribution is 2.22. The van der Waals surface area contributed by atoms with Crippen LogP contribution in [-0.2, 0) is 9.59 Å². The summed E-state index contributed by atoms with van der Waals surface area (Å²) in [5.74, 6) is -0.442. The molecule has 0 heterocycles. The van der Waals surface area contributed by atoms with E-state index in [1.807, 2.05) is 24.3 Å². The number of nitrogens with one attached hydrogen (secondary N) is 4. The van der Waals surface area contributed by atoms with Crippen LogP contribution in [0.25, 0.3) is 0 Å². The first-order valence-corrected chi connectivity index (χ1v) is 16.4. The number of carbonyl (C=O) groups excluding carboxylic acids is 4. The van der Waals surface area contributed by atoms with Crippen LogP contribution in [0.15, 0.2) is 48.5 Å². The molecule has 0 atom stereocenters. The summed E-state index contributed by atoms with van der Waals surface area (Å²) >= 11 is 0. The van der Waals surface area contributed by atoms with Crippen LogP contribution in [0.5, 0.6) is 0 Å². The van der Waals surface area contributed by atoms with E-state index in [0.717, 1.165) is 83.5 Å². The topological polar surface area (TPSA) is 116 Å². The van der Waals surface area contributed by atoms with Gasteiger partial charge in [-0.3, -0.25) is 19.2 Å². The number of hydrogen-bond donors (Lipinski definition) is 4. The lowest BCUT2D eigenvalue weighted by Gasteiger charge is -2.23. The molecule has 2 aliphatic rings. The molecule has 4 amide bonds. The molecule has 0 radical (unpaired) electrons. The smallest absolute Gasteiger partial charge is 0.253 e. The summed E-state index contributed by atoms with van der Waals surface area (Å²) in [5, 5.41) is 12.1. The van der Waals surface area contributed by atoms with Crippen LogP contribution >= 0.6 is 0 Å². The molecule has 0 aromatic heterocycles. The molecule has 8 nitrogen and oxygen atoms in total. The van der Waals surface area contributed by atoms with Crippen LogP contribution in [0.1, 0.15) is 130 Å². The van der Waals surface area contributed by atoms with Gasteiger partial charge in [0.25, 0.3) is 11.8 Å². The van der Waals surface area contributed by atoms with Crippen molar-refractivity contribution in [2.45, 2.75) is 121 Å². The average Bonchev–Trinajstić information content (AvgIpc) is 3.02. The SMILES string of the molecule is O=C(CCCCCCCC(=O)Nc1ccccc1C(=O)NC1CCCCC1)Nc1ccccc1C(=O)NC1CCCCC1. The van der Waals surface area contributed by atoms with Crippen molar-refractivity contribution >= 4 is 35.0 Å². The van der Waals surface area contributed by atoms with Crippen LogP contribution in [0, 0.1) is 0 Å². The zero-order valence-electron chi connectivity index (χ0n) is 25.4. The van der Waals surface area contributed by atoms with Crippen molar-refractivity contribution in [1.29, 1.82) is 0 Å². The molecule has 0 saturated heterocycles. The molecule has 2 aromatic rings. The quantitative estimate of drug-likeness (QED) is 0.176. The first kappa shape index (κ1) is 32.2. The van der Waals surface area contributed by atoms with Gasteiger partial charge in [-0.15, -0.1) is 0 Å².